The maximum Gasteiger partial charge on any atom is 0.203 e. The molecule has 1 N–H and O–H groups in total. The quantitative estimate of drug-likeness (QED) is 0.665. The van der Waals surface area contributed by atoms with Crippen molar-refractivity contribution in [2.24, 2.45) is 0 Å². The monoisotopic (exact) mass is 287 g/mol. The molecule has 5 nitrogen and oxygen atoms in total. The van der Waals surface area contributed by atoms with Gasteiger partial charge in [0.25, 0.3) is 0 Å². The number of alkyl halides is 1. The van der Waals surface area contributed by atoms with Gasteiger partial charge in [-0.2, -0.15) is 0 Å². The van der Waals surface area contributed by atoms with E-state index in [-0.39, 0.29) is 6.61 Å². The van der Waals surface area contributed by atoms with Gasteiger partial charge >= 0.3 is 0 Å². The molecule has 0 amide bonds. The summed E-state index contributed by atoms with van der Waals surface area (Å²) in [6.45, 7) is 1.46. The molecule has 0 heterocycles. The van der Waals surface area contributed by atoms with Crippen LogP contribution < -0.4 is 19.5 Å². The van der Waals surface area contributed by atoms with Crippen molar-refractivity contribution in [3.05, 3.63) is 17.7 Å². The summed E-state index contributed by atoms with van der Waals surface area (Å²) >= 11 is 0. The van der Waals surface area contributed by atoms with Crippen molar-refractivity contribution in [1.29, 1.82) is 0 Å². The third-order valence-electron chi connectivity index (χ3n) is 2.66. The molecule has 1 rings (SSSR count). The lowest BCUT2D eigenvalue weighted by atomic mass is 10.1. The first-order valence-electron chi connectivity index (χ1n) is 6.40. The predicted molar refractivity (Wildman–Crippen MR) is 74.6 cm³/mol. The van der Waals surface area contributed by atoms with E-state index in [0.29, 0.717) is 30.4 Å². The van der Waals surface area contributed by atoms with Crippen LogP contribution in [0, 0.1) is 0 Å². The van der Waals surface area contributed by atoms with E-state index in [1.165, 1.54) is 0 Å². The summed E-state index contributed by atoms with van der Waals surface area (Å²) in [4.78, 5) is 0. The molecule has 0 spiro atoms. The van der Waals surface area contributed by atoms with E-state index in [0.717, 1.165) is 12.1 Å². The molecule has 0 bridgehead atoms. The molecule has 1 aromatic rings. The Bertz CT molecular complexity index is 376. The Balaban J connectivity index is 2.82. The average Bonchev–Trinajstić information content (AvgIpc) is 2.49. The summed E-state index contributed by atoms with van der Waals surface area (Å²) in [7, 11) is 4.74. The Labute approximate surface area is 119 Å². The predicted octanol–water partition coefficient (Wildman–Crippen LogP) is 1.79. The van der Waals surface area contributed by atoms with Crippen LogP contribution in [-0.4, -0.2) is 47.8 Å². The van der Waals surface area contributed by atoms with Gasteiger partial charge in [-0.05, 0) is 17.7 Å². The van der Waals surface area contributed by atoms with Gasteiger partial charge in [0, 0.05) is 20.2 Å². The second kappa shape index (κ2) is 9.39. The summed E-state index contributed by atoms with van der Waals surface area (Å²) in [5.41, 5.74) is 0.988. The van der Waals surface area contributed by atoms with Gasteiger partial charge in [-0.3, -0.25) is 0 Å². The lowest BCUT2D eigenvalue weighted by Gasteiger charge is -2.15. The van der Waals surface area contributed by atoms with E-state index in [1.54, 1.807) is 21.3 Å². The lowest BCUT2D eigenvalue weighted by Crippen LogP contribution is -2.18. The van der Waals surface area contributed by atoms with Crippen molar-refractivity contribution in [3.8, 4) is 17.2 Å². The first-order chi connectivity index (χ1) is 9.76. The third kappa shape index (κ3) is 4.86. The second-order valence-electron chi connectivity index (χ2n) is 4.04. The molecule has 6 heteroatoms. The first kappa shape index (κ1) is 16.5. The van der Waals surface area contributed by atoms with E-state index in [1.807, 2.05) is 12.1 Å². The SMILES string of the molecule is COCCNCc1cc(OC)c(OCCF)c(OC)c1. The van der Waals surface area contributed by atoms with Crippen LogP contribution in [0.4, 0.5) is 4.39 Å². The first-order valence-corrected chi connectivity index (χ1v) is 6.40. The molecular formula is C14H22FNO4. The molecule has 0 fully saturated rings. The molecule has 1 aromatic carbocycles. The Morgan fingerprint density at radius 1 is 1.05 bits per heavy atom. The highest BCUT2D eigenvalue weighted by Crippen LogP contribution is 2.38. The smallest absolute Gasteiger partial charge is 0.203 e. The van der Waals surface area contributed by atoms with Gasteiger partial charge in [0.1, 0.15) is 13.3 Å². The van der Waals surface area contributed by atoms with Crippen LogP contribution in [0.1, 0.15) is 5.56 Å². The number of hydrogen-bond acceptors (Lipinski definition) is 5. The average molecular weight is 287 g/mol. The Hall–Kier alpha value is -1.53. The summed E-state index contributed by atoms with van der Waals surface area (Å²) in [5, 5.41) is 3.23. The van der Waals surface area contributed by atoms with E-state index >= 15 is 0 Å². The van der Waals surface area contributed by atoms with Crippen molar-refractivity contribution >= 4 is 0 Å². The molecule has 0 atom stereocenters. The maximum absolute atomic E-state index is 12.2. The van der Waals surface area contributed by atoms with E-state index < -0.39 is 6.67 Å². The molecule has 0 aromatic heterocycles. The standard InChI is InChI=1S/C14H22FNO4/c1-17-7-5-16-10-11-8-12(18-2)14(20-6-4-15)13(9-11)19-3/h8-9,16H,4-7,10H2,1-3H3. The summed E-state index contributed by atoms with van der Waals surface area (Å²) in [5.74, 6) is 1.48. The van der Waals surface area contributed by atoms with Gasteiger partial charge in [0.15, 0.2) is 11.5 Å². The minimum absolute atomic E-state index is 0.0296. The van der Waals surface area contributed by atoms with E-state index in [4.69, 9.17) is 18.9 Å². The number of benzene rings is 1. The fourth-order valence-corrected chi connectivity index (χ4v) is 1.73. The highest BCUT2D eigenvalue weighted by molar-refractivity contribution is 5.53. The van der Waals surface area contributed by atoms with Crippen molar-refractivity contribution in [1.82, 2.24) is 5.32 Å². The summed E-state index contributed by atoms with van der Waals surface area (Å²) in [6.07, 6.45) is 0. The van der Waals surface area contributed by atoms with Crippen LogP contribution in [0.25, 0.3) is 0 Å². The van der Waals surface area contributed by atoms with Gasteiger partial charge in [-0.15, -0.1) is 0 Å². The molecule has 0 aliphatic heterocycles. The fourth-order valence-electron chi connectivity index (χ4n) is 1.73. The minimum atomic E-state index is -0.563. The molecule has 0 aliphatic rings. The number of hydrogen-bond donors (Lipinski definition) is 1. The topological polar surface area (TPSA) is 49.0 Å². The van der Waals surface area contributed by atoms with Crippen LogP contribution >= 0.6 is 0 Å². The number of rotatable bonds is 10. The highest BCUT2D eigenvalue weighted by Gasteiger charge is 2.14. The van der Waals surface area contributed by atoms with Crippen molar-refractivity contribution in [2.45, 2.75) is 6.54 Å². The summed E-state index contributed by atoms with van der Waals surface area (Å²) < 4.78 is 33.1. The fraction of sp³-hybridized carbons (Fsp3) is 0.571. The Morgan fingerprint density at radius 3 is 2.20 bits per heavy atom. The zero-order valence-electron chi connectivity index (χ0n) is 12.2. The summed E-state index contributed by atoms with van der Waals surface area (Å²) in [6, 6.07) is 3.69. The van der Waals surface area contributed by atoms with Crippen LogP contribution in [0.15, 0.2) is 12.1 Å². The Kier molecular flexibility index (Phi) is 7.75. The van der Waals surface area contributed by atoms with Crippen LogP contribution in [0.3, 0.4) is 0 Å². The molecule has 0 aliphatic carbocycles. The molecular weight excluding hydrogens is 265 g/mol. The number of halogens is 1. The van der Waals surface area contributed by atoms with E-state index in [2.05, 4.69) is 5.32 Å². The molecule has 0 unspecified atom stereocenters. The van der Waals surface area contributed by atoms with Crippen molar-refractivity contribution in [2.75, 3.05) is 47.8 Å². The second-order valence-corrected chi connectivity index (χ2v) is 4.04. The molecule has 114 valence electrons. The zero-order chi connectivity index (χ0) is 14.8. The van der Waals surface area contributed by atoms with Gasteiger partial charge in [0.2, 0.25) is 5.75 Å². The van der Waals surface area contributed by atoms with Gasteiger partial charge in [0.05, 0.1) is 20.8 Å². The normalized spacial score (nSPS) is 10.4. The highest BCUT2D eigenvalue weighted by atomic mass is 19.1. The minimum Gasteiger partial charge on any atom is -0.493 e. The molecule has 20 heavy (non-hydrogen) atoms. The van der Waals surface area contributed by atoms with Gasteiger partial charge in [-0.25, -0.2) is 4.39 Å². The largest absolute Gasteiger partial charge is 0.493 e. The van der Waals surface area contributed by atoms with Crippen LogP contribution in [-0.2, 0) is 11.3 Å². The maximum atomic E-state index is 12.2. The Morgan fingerprint density at radius 2 is 1.70 bits per heavy atom. The third-order valence-corrected chi connectivity index (χ3v) is 2.66. The molecule has 0 radical (unpaired) electrons. The molecule has 0 saturated carbocycles. The number of nitrogens with one attached hydrogen (secondary N) is 1. The number of ether oxygens (including phenoxy) is 4. The zero-order valence-corrected chi connectivity index (χ0v) is 12.2. The van der Waals surface area contributed by atoms with Gasteiger partial charge in [-0.1, -0.05) is 0 Å². The van der Waals surface area contributed by atoms with Crippen molar-refractivity contribution < 1.29 is 23.3 Å². The van der Waals surface area contributed by atoms with E-state index in [9.17, 15) is 4.39 Å². The number of methoxy groups -OCH3 is 3. The lowest BCUT2D eigenvalue weighted by molar-refractivity contribution is 0.199. The van der Waals surface area contributed by atoms with Crippen LogP contribution in [0.5, 0.6) is 17.2 Å². The van der Waals surface area contributed by atoms with Crippen LogP contribution in [0.2, 0.25) is 0 Å². The molecule has 0 saturated heterocycles. The van der Waals surface area contributed by atoms with Gasteiger partial charge < -0.3 is 24.3 Å². The van der Waals surface area contributed by atoms with Crippen molar-refractivity contribution in [3.63, 3.8) is 0 Å².